The van der Waals surface area contributed by atoms with Crippen molar-refractivity contribution in [1.29, 1.82) is 0 Å². The highest BCUT2D eigenvalue weighted by Crippen LogP contribution is 2.31. The van der Waals surface area contributed by atoms with E-state index in [4.69, 9.17) is 9.47 Å². The van der Waals surface area contributed by atoms with Crippen molar-refractivity contribution in [2.45, 2.75) is 71.6 Å². The van der Waals surface area contributed by atoms with Crippen molar-refractivity contribution in [2.75, 3.05) is 6.54 Å². The number of benzene rings is 1. The van der Waals surface area contributed by atoms with Crippen LogP contribution in [0.3, 0.4) is 0 Å². The summed E-state index contributed by atoms with van der Waals surface area (Å²) in [4.78, 5) is 53.5. The molecular formula is C22H30N2O6. The minimum Gasteiger partial charge on any atom is -0.443 e. The minimum atomic E-state index is -1.66. The number of carbonyl (C=O) groups excluding carboxylic acids is 4. The lowest BCUT2D eigenvalue weighted by molar-refractivity contribution is -0.161. The summed E-state index contributed by atoms with van der Waals surface area (Å²) < 4.78 is 10.7. The third-order valence-corrected chi connectivity index (χ3v) is 4.32. The average Bonchev–Trinajstić information content (AvgIpc) is 2.55. The molecule has 4 amide bonds. The number of amides is 4. The Morgan fingerprint density at radius 3 is 1.93 bits per heavy atom. The van der Waals surface area contributed by atoms with Gasteiger partial charge < -0.3 is 9.47 Å². The predicted octanol–water partition coefficient (Wildman–Crippen LogP) is 3.53. The van der Waals surface area contributed by atoms with Gasteiger partial charge in [0, 0.05) is 6.42 Å². The van der Waals surface area contributed by atoms with Gasteiger partial charge in [0.25, 0.3) is 11.8 Å². The predicted molar refractivity (Wildman–Crippen MR) is 110 cm³/mol. The Balaban J connectivity index is 2.47. The Morgan fingerprint density at radius 1 is 0.933 bits per heavy atom. The van der Waals surface area contributed by atoms with Gasteiger partial charge >= 0.3 is 12.2 Å². The Morgan fingerprint density at radius 2 is 1.43 bits per heavy atom. The quantitative estimate of drug-likeness (QED) is 0.729. The summed E-state index contributed by atoms with van der Waals surface area (Å²) in [6.45, 7) is 10.9. The Hall–Kier alpha value is -2.90. The molecule has 1 aromatic rings. The molecule has 1 aromatic carbocycles. The number of ether oxygens (including phenoxy) is 2. The zero-order chi connectivity index (χ0) is 22.9. The number of imide groups is 2. The van der Waals surface area contributed by atoms with Crippen LogP contribution in [0.5, 0.6) is 0 Å². The highest BCUT2D eigenvalue weighted by atomic mass is 16.6. The third kappa shape index (κ3) is 5.37. The van der Waals surface area contributed by atoms with Crippen LogP contribution >= 0.6 is 0 Å². The van der Waals surface area contributed by atoms with Crippen molar-refractivity contribution in [3.63, 3.8) is 0 Å². The molecule has 1 atom stereocenters. The molecule has 1 heterocycles. The second-order valence-corrected chi connectivity index (χ2v) is 9.52. The molecule has 30 heavy (non-hydrogen) atoms. The Labute approximate surface area is 177 Å². The van der Waals surface area contributed by atoms with Crippen molar-refractivity contribution >= 4 is 24.0 Å². The van der Waals surface area contributed by atoms with Crippen LogP contribution in [0, 0.1) is 0 Å². The Kier molecular flexibility index (Phi) is 6.30. The van der Waals surface area contributed by atoms with E-state index in [9.17, 15) is 19.2 Å². The van der Waals surface area contributed by atoms with Crippen LogP contribution in [0.25, 0.3) is 0 Å². The summed E-state index contributed by atoms with van der Waals surface area (Å²) in [6, 6.07) is 8.96. The maximum Gasteiger partial charge on any atom is 0.418 e. The SMILES string of the molecule is CC(C)(C)OC(=O)N1CC(=O)N(C(=O)OC(C)(C)C)C(C)(Cc2ccccc2)C1=O. The van der Waals surface area contributed by atoms with Gasteiger partial charge in [0.2, 0.25) is 0 Å². The number of hydrogen-bond donors (Lipinski definition) is 0. The number of rotatable bonds is 2. The monoisotopic (exact) mass is 418 g/mol. The van der Waals surface area contributed by atoms with Gasteiger partial charge in [-0.2, -0.15) is 0 Å². The molecular weight excluding hydrogens is 388 g/mol. The average molecular weight is 418 g/mol. The number of carbonyl (C=O) groups is 4. The van der Waals surface area contributed by atoms with Crippen LogP contribution in [0.2, 0.25) is 0 Å². The molecule has 0 saturated carbocycles. The van der Waals surface area contributed by atoms with E-state index >= 15 is 0 Å². The first-order valence-electron chi connectivity index (χ1n) is 9.79. The molecule has 164 valence electrons. The van der Waals surface area contributed by atoms with Crippen LogP contribution in [0.15, 0.2) is 30.3 Å². The van der Waals surface area contributed by atoms with Gasteiger partial charge in [0.1, 0.15) is 23.3 Å². The van der Waals surface area contributed by atoms with Crippen molar-refractivity contribution < 1.29 is 28.7 Å². The van der Waals surface area contributed by atoms with Crippen LogP contribution in [0.4, 0.5) is 9.59 Å². The molecule has 1 unspecified atom stereocenters. The summed E-state index contributed by atoms with van der Waals surface area (Å²) in [6.07, 6.45) is -1.83. The minimum absolute atomic E-state index is 0.0248. The zero-order valence-electron chi connectivity index (χ0n) is 18.6. The molecule has 0 spiro atoms. The second kappa shape index (κ2) is 8.08. The molecule has 0 aliphatic carbocycles. The van der Waals surface area contributed by atoms with Gasteiger partial charge in [-0.1, -0.05) is 30.3 Å². The maximum atomic E-state index is 13.4. The van der Waals surface area contributed by atoms with Crippen molar-refractivity contribution in [3.05, 3.63) is 35.9 Å². The summed E-state index contributed by atoms with van der Waals surface area (Å²) in [5.74, 6) is -1.42. The third-order valence-electron chi connectivity index (χ3n) is 4.32. The topological polar surface area (TPSA) is 93.2 Å². The van der Waals surface area contributed by atoms with Gasteiger partial charge in [-0.3, -0.25) is 9.59 Å². The van der Waals surface area contributed by atoms with E-state index in [-0.39, 0.29) is 6.42 Å². The molecule has 8 heteroatoms. The smallest absolute Gasteiger partial charge is 0.418 e. The van der Waals surface area contributed by atoms with E-state index in [1.165, 1.54) is 6.92 Å². The van der Waals surface area contributed by atoms with Crippen molar-refractivity contribution in [2.24, 2.45) is 0 Å². The fourth-order valence-electron chi connectivity index (χ4n) is 3.16. The molecule has 0 aromatic heterocycles. The molecule has 1 saturated heterocycles. The second-order valence-electron chi connectivity index (χ2n) is 9.52. The first-order chi connectivity index (χ1) is 13.6. The zero-order valence-corrected chi connectivity index (χ0v) is 18.6. The van der Waals surface area contributed by atoms with Crippen molar-refractivity contribution in [3.8, 4) is 0 Å². The van der Waals surface area contributed by atoms with Crippen LogP contribution in [-0.2, 0) is 25.5 Å². The summed E-state index contributed by atoms with van der Waals surface area (Å²) in [7, 11) is 0. The van der Waals surface area contributed by atoms with E-state index in [1.54, 1.807) is 65.8 Å². The summed E-state index contributed by atoms with van der Waals surface area (Å²) in [5, 5.41) is 0. The normalized spacial score (nSPS) is 20.2. The van der Waals surface area contributed by atoms with Crippen LogP contribution in [0.1, 0.15) is 54.0 Å². The lowest BCUT2D eigenvalue weighted by Crippen LogP contribution is -2.70. The van der Waals surface area contributed by atoms with Crippen LogP contribution < -0.4 is 0 Å². The highest BCUT2D eigenvalue weighted by Gasteiger charge is 2.55. The van der Waals surface area contributed by atoms with E-state index in [0.29, 0.717) is 0 Å². The molecule has 8 nitrogen and oxygen atoms in total. The maximum absolute atomic E-state index is 13.4. The van der Waals surface area contributed by atoms with E-state index in [1.807, 2.05) is 6.07 Å². The fourth-order valence-corrected chi connectivity index (χ4v) is 3.16. The van der Waals surface area contributed by atoms with Crippen LogP contribution in [-0.4, -0.2) is 57.1 Å². The number of hydrogen-bond acceptors (Lipinski definition) is 6. The van der Waals surface area contributed by atoms with E-state index in [0.717, 1.165) is 15.4 Å². The number of piperazine rings is 1. The molecule has 1 fully saturated rings. The molecule has 1 aliphatic rings. The summed E-state index contributed by atoms with van der Waals surface area (Å²) >= 11 is 0. The number of nitrogens with zero attached hydrogens (tertiary/aromatic N) is 2. The fraction of sp³-hybridized carbons (Fsp3) is 0.545. The lowest BCUT2D eigenvalue weighted by Gasteiger charge is -2.45. The lowest BCUT2D eigenvalue weighted by atomic mass is 9.87. The highest BCUT2D eigenvalue weighted by molar-refractivity contribution is 6.10. The summed E-state index contributed by atoms with van der Waals surface area (Å²) in [5.41, 5.74) is -2.65. The largest absolute Gasteiger partial charge is 0.443 e. The standard InChI is InChI=1S/C22H30N2O6/c1-20(2,3)29-18(27)23-14-16(25)24(19(28)30-21(4,5)6)22(7,17(23)26)13-15-11-9-8-10-12-15/h8-12H,13-14H2,1-7H3. The van der Waals surface area contributed by atoms with Gasteiger partial charge in [-0.25, -0.2) is 19.4 Å². The first kappa shape index (κ1) is 23.4. The van der Waals surface area contributed by atoms with Gasteiger partial charge in [-0.15, -0.1) is 0 Å². The molecule has 0 N–H and O–H groups in total. The van der Waals surface area contributed by atoms with Gasteiger partial charge in [0.05, 0.1) is 0 Å². The molecule has 0 radical (unpaired) electrons. The Bertz CT molecular complexity index is 837. The first-order valence-corrected chi connectivity index (χ1v) is 9.79. The molecule has 2 rings (SSSR count). The molecule has 0 bridgehead atoms. The molecule has 1 aliphatic heterocycles. The van der Waals surface area contributed by atoms with Crippen molar-refractivity contribution in [1.82, 2.24) is 9.80 Å². The van der Waals surface area contributed by atoms with Gasteiger partial charge in [-0.05, 0) is 54.0 Å². The van der Waals surface area contributed by atoms with E-state index in [2.05, 4.69) is 0 Å². The van der Waals surface area contributed by atoms with Gasteiger partial charge in [0.15, 0.2) is 0 Å². The van der Waals surface area contributed by atoms with E-state index < -0.39 is 47.3 Å².